The molecular weight excluding hydrogens is 460 g/mol. The van der Waals surface area contributed by atoms with Crippen LogP contribution in [0, 0.1) is 5.92 Å². The summed E-state index contributed by atoms with van der Waals surface area (Å²) in [5, 5.41) is 2.67. The van der Waals surface area contributed by atoms with Gasteiger partial charge in [-0.1, -0.05) is 38.1 Å². The zero-order valence-corrected chi connectivity index (χ0v) is 20.1. The fourth-order valence-corrected chi connectivity index (χ4v) is 4.82. The van der Waals surface area contributed by atoms with Gasteiger partial charge in [0.25, 0.3) is 5.91 Å². The summed E-state index contributed by atoms with van der Waals surface area (Å²) in [6.07, 6.45) is 0. The van der Waals surface area contributed by atoms with E-state index >= 15 is 0 Å². The largest absolute Gasteiger partial charge is 0.490 e. The number of hydrogen-bond acceptors (Lipinski definition) is 7. The average molecular weight is 491 g/mol. The van der Waals surface area contributed by atoms with Crippen LogP contribution in [0.4, 0.5) is 0 Å². The Morgan fingerprint density at radius 2 is 1.74 bits per heavy atom. The minimum Gasteiger partial charge on any atom is -0.490 e. The van der Waals surface area contributed by atoms with E-state index < -0.39 is 27.9 Å². The van der Waals surface area contributed by atoms with Crippen molar-refractivity contribution in [3.05, 3.63) is 60.2 Å². The third-order valence-corrected chi connectivity index (χ3v) is 7.15. The predicted molar refractivity (Wildman–Crippen MR) is 125 cm³/mol. The number of nitrogens with zero attached hydrogens (tertiary/aromatic N) is 1. The second kappa shape index (κ2) is 12.0. The van der Waals surface area contributed by atoms with Crippen molar-refractivity contribution in [2.24, 2.45) is 5.92 Å². The molecule has 0 saturated carbocycles. The van der Waals surface area contributed by atoms with Gasteiger partial charge in [0.15, 0.2) is 0 Å². The van der Waals surface area contributed by atoms with Crippen LogP contribution in [0.15, 0.2) is 59.5 Å². The van der Waals surface area contributed by atoms with E-state index in [1.165, 1.54) is 28.6 Å². The lowest BCUT2D eigenvalue weighted by molar-refractivity contribution is -0.147. The number of carbonyl (C=O) groups excluding carboxylic acids is 2. The summed E-state index contributed by atoms with van der Waals surface area (Å²) in [7, 11) is -3.75. The Kier molecular flexibility index (Phi) is 9.03. The van der Waals surface area contributed by atoms with Gasteiger partial charge >= 0.3 is 5.97 Å². The van der Waals surface area contributed by atoms with Crippen molar-refractivity contribution in [1.82, 2.24) is 9.62 Å². The molecule has 10 heteroatoms. The number of rotatable bonds is 10. The molecule has 0 aromatic heterocycles. The molecule has 184 valence electrons. The number of benzene rings is 2. The van der Waals surface area contributed by atoms with Crippen molar-refractivity contribution >= 4 is 21.9 Å². The maximum Gasteiger partial charge on any atom is 0.329 e. The number of para-hydroxylation sites is 1. The molecule has 2 aromatic rings. The summed E-state index contributed by atoms with van der Waals surface area (Å²) >= 11 is 0. The lowest BCUT2D eigenvalue weighted by atomic mass is 10.0. The topological polar surface area (TPSA) is 111 Å². The molecule has 1 heterocycles. The van der Waals surface area contributed by atoms with Crippen molar-refractivity contribution in [3.8, 4) is 5.75 Å². The van der Waals surface area contributed by atoms with Crippen LogP contribution in [0.25, 0.3) is 0 Å². The Hall–Kier alpha value is -2.95. The third-order valence-electron chi connectivity index (χ3n) is 5.25. The molecule has 0 radical (unpaired) electrons. The standard InChI is InChI=1S/C24H30N2O7S/c1-18(2)22(24(28)33-16-15-32-20-8-4-3-5-9-20)25-23(27)19-7-6-10-21(17-19)34(29,30)26-11-13-31-14-12-26/h3-10,17-18,22H,11-16H2,1-2H3,(H,25,27)/t22-/m0/s1. The lowest BCUT2D eigenvalue weighted by Gasteiger charge is -2.26. The van der Waals surface area contributed by atoms with Crippen LogP contribution in [0.3, 0.4) is 0 Å². The quantitative estimate of drug-likeness (QED) is 0.401. The number of esters is 1. The Labute approximate surface area is 200 Å². The van der Waals surface area contributed by atoms with Gasteiger partial charge in [0.1, 0.15) is 25.0 Å². The van der Waals surface area contributed by atoms with Gasteiger partial charge in [-0.05, 0) is 36.2 Å². The highest BCUT2D eigenvalue weighted by atomic mass is 32.2. The molecule has 0 bridgehead atoms. The van der Waals surface area contributed by atoms with E-state index in [4.69, 9.17) is 14.2 Å². The molecule has 0 unspecified atom stereocenters. The molecule has 34 heavy (non-hydrogen) atoms. The summed E-state index contributed by atoms with van der Waals surface area (Å²) in [5.41, 5.74) is 0.139. The fourth-order valence-electron chi connectivity index (χ4n) is 3.36. The van der Waals surface area contributed by atoms with Gasteiger partial charge < -0.3 is 19.5 Å². The molecule has 9 nitrogen and oxygen atoms in total. The normalized spacial score (nSPS) is 15.5. The van der Waals surface area contributed by atoms with E-state index in [-0.39, 0.29) is 42.7 Å². The Morgan fingerprint density at radius 3 is 2.41 bits per heavy atom. The summed E-state index contributed by atoms with van der Waals surface area (Å²) < 4.78 is 43.2. The van der Waals surface area contributed by atoms with Gasteiger partial charge in [0.2, 0.25) is 10.0 Å². The molecule has 0 aliphatic carbocycles. The summed E-state index contributed by atoms with van der Waals surface area (Å²) in [5.74, 6) is -0.724. The van der Waals surface area contributed by atoms with Gasteiger partial charge in [-0.3, -0.25) is 4.79 Å². The SMILES string of the molecule is CC(C)[C@H](NC(=O)c1cccc(S(=O)(=O)N2CCOCC2)c1)C(=O)OCCOc1ccccc1. The zero-order valence-electron chi connectivity index (χ0n) is 19.3. The highest BCUT2D eigenvalue weighted by molar-refractivity contribution is 7.89. The molecule has 1 amide bonds. The van der Waals surface area contributed by atoms with E-state index in [1.54, 1.807) is 26.0 Å². The molecule has 1 fully saturated rings. The maximum absolute atomic E-state index is 12.9. The predicted octanol–water partition coefficient (Wildman–Crippen LogP) is 2.08. The Morgan fingerprint density at radius 1 is 1.03 bits per heavy atom. The van der Waals surface area contributed by atoms with Gasteiger partial charge in [0, 0.05) is 18.7 Å². The van der Waals surface area contributed by atoms with E-state index in [1.807, 2.05) is 18.2 Å². The van der Waals surface area contributed by atoms with Crippen LogP contribution < -0.4 is 10.1 Å². The highest BCUT2D eigenvalue weighted by Gasteiger charge is 2.29. The number of morpholine rings is 1. The summed E-state index contributed by atoms with van der Waals surface area (Å²) in [6, 6.07) is 14.0. The van der Waals surface area contributed by atoms with Crippen LogP contribution in [0.2, 0.25) is 0 Å². The zero-order chi connectivity index (χ0) is 24.6. The van der Waals surface area contributed by atoms with E-state index in [0.29, 0.717) is 19.0 Å². The minimum atomic E-state index is -3.75. The minimum absolute atomic E-state index is 0.0174. The van der Waals surface area contributed by atoms with Gasteiger partial charge in [-0.2, -0.15) is 4.31 Å². The van der Waals surface area contributed by atoms with Crippen molar-refractivity contribution in [3.63, 3.8) is 0 Å². The van der Waals surface area contributed by atoms with Crippen LogP contribution >= 0.6 is 0 Å². The number of carbonyl (C=O) groups is 2. The Bertz CT molecular complexity index is 1070. The maximum atomic E-state index is 12.9. The number of hydrogen-bond donors (Lipinski definition) is 1. The fraction of sp³-hybridized carbons (Fsp3) is 0.417. The van der Waals surface area contributed by atoms with Crippen LogP contribution in [-0.4, -0.2) is 70.2 Å². The second-order valence-electron chi connectivity index (χ2n) is 8.07. The first-order chi connectivity index (χ1) is 16.3. The molecule has 1 N–H and O–H groups in total. The number of ether oxygens (including phenoxy) is 3. The van der Waals surface area contributed by atoms with Crippen molar-refractivity contribution < 1.29 is 32.2 Å². The molecule has 0 spiro atoms. The summed E-state index contributed by atoms with van der Waals surface area (Å²) in [4.78, 5) is 25.5. The molecular formula is C24H30N2O7S. The smallest absolute Gasteiger partial charge is 0.329 e. The number of amides is 1. The molecule has 1 aliphatic heterocycles. The van der Waals surface area contributed by atoms with Gasteiger partial charge in [0.05, 0.1) is 18.1 Å². The summed E-state index contributed by atoms with van der Waals surface area (Å²) in [6.45, 7) is 4.94. The van der Waals surface area contributed by atoms with E-state index in [0.717, 1.165) is 0 Å². The number of sulfonamides is 1. The first-order valence-electron chi connectivity index (χ1n) is 11.1. The first-order valence-corrected chi connectivity index (χ1v) is 12.6. The van der Waals surface area contributed by atoms with Crippen molar-refractivity contribution in [2.75, 3.05) is 39.5 Å². The molecule has 1 atom stereocenters. The average Bonchev–Trinajstić information content (AvgIpc) is 2.86. The van der Waals surface area contributed by atoms with Crippen LogP contribution in [0.5, 0.6) is 5.75 Å². The van der Waals surface area contributed by atoms with E-state index in [2.05, 4.69) is 5.32 Å². The molecule has 2 aromatic carbocycles. The molecule has 1 aliphatic rings. The second-order valence-corrected chi connectivity index (χ2v) is 10.0. The van der Waals surface area contributed by atoms with E-state index in [9.17, 15) is 18.0 Å². The third kappa shape index (κ3) is 6.78. The molecule has 3 rings (SSSR count). The molecule has 1 saturated heterocycles. The van der Waals surface area contributed by atoms with Crippen molar-refractivity contribution in [2.45, 2.75) is 24.8 Å². The highest BCUT2D eigenvalue weighted by Crippen LogP contribution is 2.19. The van der Waals surface area contributed by atoms with Crippen LogP contribution in [-0.2, 0) is 24.3 Å². The number of nitrogens with one attached hydrogen (secondary N) is 1. The van der Waals surface area contributed by atoms with Gasteiger partial charge in [-0.25, -0.2) is 13.2 Å². The van der Waals surface area contributed by atoms with Crippen molar-refractivity contribution in [1.29, 1.82) is 0 Å². The lowest BCUT2D eigenvalue weighted by Crippen LogP contribution is -2.45. The van der Waals surface area contributed by atoms with Gasteiger partial charge in [-0.15, -0.1) is 0 Å². The monoisotopic (exact) mass is 490 g/mol. The first kappa shape index (κ1) is 25.7. The Balaban J connectivity index is 1.60. The van der Waals surface area contributed by atoms with Crippen LogP contribution in [0.1, 0.15) is 24.2 Å².